The van der Waals surface area contributed by atoms with Crippen LogP contribution < -0.4 is 5.32 Å². The minimum Gasteiger partial charge on any atom is -0.465 e. The number of methoxy groups -OCH3 is 1. The molecule has 1 spiro atoms. The average molecular weight is 674 g/mol. The van der Waals surface area contributed by atoms with Crippen LogP contribution in [0.1, 0.15) is 58.3 Å². The van der Waals surface area contributed by atoms with Gasteiger partial charge in [-0.3, -0.25) is 34.9 Å². The molecule has 5 atom stereocenters. The van der Waals surface area contributed by atoms with Crippen molar-refractivity contribution in [2.24, 2.45) is 5.92 Å². The van der Waals surface area contributed by atoms with Gasteiger partial charge in [0.2, 0.25) is 6.04 Å². The molecule has 46 heavy (non-hydrogen) atoms. The normalized spacial score (nSPS) is 24.5. The topological polar surface area (TPSA) is 178 Å². The third-order valence-electron chi connectivity index (χ3n) is 9.09. The molecule has 1 saturated carbocycles. The number of aliphatic hydroxyl groups excluding tert-OH is 1. The molecular formula is C30H26Cl2FN5O8. The Bertz CT molecular complexity index is 1790. The van der Waals surface area contributed by atoms with E-state index in [1.165, 1.54) is 24.3 Å². The van der Waals surface area contributed by atoms with Crippen LogP contribution in [0.5, 0.6) is 0 Å². The van der Waals surface area contributed by atoms with Crippen LogP contribution in [0.2, 0.25) is 10.0 Å². The molecule has 0 radical (unpaired) electrons. The number of anilines is 1. The maximum absolute atomic E-state index is 15.9. The van der Waals surface area contributed by atoms with Crippen LogP contribution in [0.25, 0.3) is 0 Å². The summed E-state index contributed by atoms with van der Waals surface area (Å²) >= 11 is 12.4. The Hall–Kier alpha value is -4.24. The molecule has 2 aromatic carbocycles. The predicted molar refractivity (Wildman–Crippen MR) is 162 cm³/mol. The maximum atomic E-state index is 15.9. The smallest absolute Gasteiger partial charge is 0.338 e. The molecule has 1 amide bonds. The minimum absolute atomic E-state index is 0.0443. The number of rotatable bonds is 9. The van der Waals surface area contributed by atoms with Crippen molar-refractivity contribution >= 4 is 46.5 Å². The van der Waals surface area contributed by atoms with Crippen molar-refractivity contribution in [3.8, 4) is 0 Å². The van der Waals surface area contributed by atoms with E-state index in [4.69, 9.17) is 23.2 Å². The molecule has 3 aromatic rings. The first-order valence-electron chi connectivity index (χ1n) is 14.2. The van der Waals surface area contributed by atoms with Gasteiger partial charge in [-0.05, 0) is 49.4 Å². The van der Waals surface area contributed by atoms with Gasteiger partial charge in [0.05, 0.1) is 46.2 Å². The molecule has 2 fully saturated rings. The molecule has 3 heterocycles. The highest BCUT2D eigenvalue weighted by molar-refractivity contribution is 6.31. The van der Waals surface area contributed by atoms with E-state index in [0.717, 1.165) is 38.4 Å². The van der Waals surface area contributed by atoms with Gasteiger partial charge in [-0.1, -0.05) is 29.3 Å². The highest BCUT2D eigenvalue weighted by atomic mass is 35.5. The minimum atomic E-state index is -1.86. The number of nitro benzene ring substituents is 1. The van der Waals surface area contributed by atoms with Gasteiger partial charge in [-0.25, -0.2) is 9.18 Å². The Kier molecular flexibility index (Phi) is 8.17. The van der Waals surface area contributed by atoms with E-state index in [9.17, 15) is 34.9 Å². The van der Waals surface area contributed by atoms with Gasteiger partial charge < -0.3 is 15.2 Å². The fraction of sp³-hybridized carbons (Fsp3) is 0.367. The molecule has 3 aliphatic rings. The van der Waals surface area contributed by atoms with Crippen molar-refractivity contribution < 1.29 is 33.7 Å². The van der Waals surface area contributed by atoms with Crippen LogP contribution in [-0.4, -0.2) is 62.5 Å². The van der Waals surface area contributed by atoms with Crippen molar-refractivity contribution in [3.63, 3.8) is 0 Å². The summed E-state index contributed by atoms with van der Waals surface area (Å²) in [6, 6.07) is 4.99. The number of fused-ring (bicyclic) bond motifs is 2. The van der Waals surface area contributed by atoms with E-state index in [1.807, 2.05) is 0 Å². The van der Waals surface area contributed by atoms with Gasteiger partial charge >= 0.3 is 5.97 Å². The van der Waals surface area contributed by atoms with E-state index in [2.05, 4.69) is 15.0 Å². The Morgan fingerprint density at radius 1 is 1.22 bits per heavy atom. The Morgan fingerprint density at radius 3 is 2.61 bits per heavy atom. The second-order valence-corrected chi connectivity index (χ2v) is 12.5. The molecule has 0 bridgehead atoms. The number of amides is 1. The van der Waals surface area contributed by atoms with E-state index < -0.39 is 74.3 Å². The maximum Gasteiger partial charge on any atom is 0.338 e. The zero-order valence-corrected chi connectivity index (χ0v) is 25.6. The quantitative estimate of drug-likeness (QED) is 0.178. The number of carbonyl (C=O) groups excluding carboxylic acids is 2. The zero-order valence-electron chi connectivity index (χ0n) is 24.1. The van der Waals surface area contributed by atoms with Crippen molar-refractivity contribution in [3.05, 3.63) is 107 Å². The number of pyridine rings is 1. The van der Waals surface area contributed by atoms with Gasteiger partial charge in [-0.2, -0.15) is 0 Å². The number of carbonyl (C=O) groups is 2. The van der Waals surface area contributed by atoms with Crippen LogP contribution >= 0.6 is 23.2 Å². The first-order valence-corrected chi connectivity index (χ1v) is 15.0. The summed E-state index contributed by atoms with van der Waals surface area (Å²) in [5.74, 6) is -3.93. The van der Waals surface area contributed by atoms with E-state index in [1.54, 1.807) is 11.0 Å². The van der Waals surface area contributed by atoms with E-state index in [-0.39, 0.29) is 39.9 Å². The summed E-state index contributed by atoms with van der Waals surface area (Å²) in [4.78, 5) is 55.7. The standard InChI is InChI=1S/C30H26Cl2FN5O8/c1-46-28(40)15-4-6-17(22(8-15)37(42)43)24(39)10-23-27(38(44)45)25(18-11-34-12-20(32)26(18)33)30(36(23)13-14-2-3-14)19-7-5-16(31)9-21(19)35-29(30)41/h4-9,11-12,14,23-25,27,39H,2-3,10,13H2,1H3,(H,35,41)/t23-,24?,25-,27+,30+/m0/s1. The zero-order chi connectivity index (χ0) is 33.1. The Balaban J connectivity index is 1.56. The highest BCUT2D eigenvalue weighted by Crippen LogP contribution is 2.60. The lowest BCUT2D eigenvalue weighted by atomic mass is 9.74. The van der Waals surface area contributed by atoms with E-state index in [0.29, 0.717) is 5.56 Å². The lowest BCUT2D eigenvalue weighted by Crippen LogP contribution is -2.53. The second-order valence-electron chi connectivity index (χ2n) is 11.6. The number of nitrogens with zero attached hydrogens (tertiary/aromatic N) is 4. The first-order chi connectivity index (χ1) is 21.9. The first kappa shape index (κ1) is 31.7. The molecule has 1 saturated heterocycles. The molecule has 13 nitrogen and oxygen atoms in total. The lowest BCUT2D eigenvalue weighted by molar-refractivity contribution is -0.528. The van der Waals surface area contributed by atoms with Crippen molar-refractivity contribution in [1.82, 2.24) is 9.88 Å². The van der Waals surface area contributed by atoms with Crippen LogP contribution in [0.4, 0.5) is 15.8 Å². The largest absolute Gasteiger partial charge is 0.465 e. The number of aliphatic hydroxyl groups is 1. The lowest BCUT2D eigenvalue weighted by Gasteiger charge is -2.39. The fourth-order valence-electron chi connectivity index (χ4n) is 7.01. The number of hydrogen-bond acceptors (Lipinski definition) is 10. The molecule has 1 unspecified atom stereocenters. The van der Waals surface area contributed by atoms with Crippen LogP contribution in [0.15, 0.2) is 48.8 Å². The van der Waals surface area contributed by atoms with Gasteiger partial charge in [0, 0.05) is 51.8 Å². The molecule has 2 aliphatic heterocycles. The number of nitrogens with one attached hydrogen (secondary N) is 1. The molecule has 1 aliphatic carbocycles. The van der Waals surface area contributed by atoms with E-state index >= 15 is 4.39 Å². The third kappa shape index (κ3) is 5.05. The molecule has 240 valence electrons. The summed E-state index contributed by atoms with van der Waals surface area (Å²) in [7, 11) is 1.11. The summed E-state index contributed by atoms with van der Waals surface area (Å²) in [5.41, 5.74) is -2.46. The third-order valence-corrected chi connectivity index (χ3v) is 9.59. The summed E-state index contributed by atoms with van der Waals surface area (Å²) in [5, 5.41) is 39.4. The Morgan fingerprint density at radius 2 is 1.96 bits per heavy atom. The van der Waals surface area contributed by atoms with Gasteiger partial charge in [0.15, 0.2) is 0 Å². The second kappa shape index (κ2) is 11.8. The number of likely N-dealkylation sites (tertiary alicyclic amines) is 1. The van der Waals surface area contributed by atoms with Gasteiger partial charge in [0.25, 0.3) is 11.6 Å². The van der Waals surface area contributed by atoms with Crippen molar-refractivity contribution in [2.75, 3.05) is 19.0 Å². The van der Waals surface area contributed by atoms with Gasteiger partial charge in [0.1, 0.15) is 11.4 Å². The van der Waals surface area contributed by atoms with Crippen molar-refractivity contribution in [2.45, 2.75) is 48.9 Å². The van der Waals surface area contributed by atoms with Gasteiger partial charge in [-0.15, -0.1) is 0 Å². The van der Waals surface area contributed by atoms with Crippen molar-refractivity contribution in [1.29, 1.82) is 0 Å². The number of nitro groups is 2. The number of hydrogen-bond donors (Lipinski definition) is 2. The fourth-order valence-corrected chi connectivity index (χ4v) is 7.35. The van der Waals surface area contributed by atoms with Crippen LogP contribution in [0, 0.1) is 32.0 Å². The number of benzene rings is 2. The Labute approximate surface area is 270 Å². The van der Waals surface area contributed by atoms with Crippen LogP contribution in [-0.2, 0) is 15.1 Å². The molecule has 16 heteroatoms. The summed E-state index contributed by atoms with van der Waals surface area (Å²) in [6.07, 6.45) is 1.58. The molecular weight excluding hydrogens is 648 g/mol. The SMILES string of the molecule is COC(=O)c1ccc(C(O)C[C@H]2[C@@H]([N+](=O)[O-])[C@H](c3cncc(Cl)c3F)[C@]3(C(=O)Nc4cc(Cl)ccc43)N2CC2CC2)c([N+](=O)[O-])c1. The van der Waals surface area contributed by atoms with Crippen LogP contribution in [0.3, 0.4) is 0 Å². The molecule has 2 N–H and O–H groups in total. The average Bonchev–Trinajstić information content (AvgIpc) is 3.74. The highest BCUT2D eigenvalue weighted by Gasteiger charge is 2.72. The number of esters is 1. The predicted octanol–water partition coefficient (Wildman–Crippen LogP) is 5.02. The monoisotopic (exact) mass is 673 g/mol. The number of halogens is 3. The number of ether oxygens (including phenoxy) is 1. The number of aromatic nitrogens is 1. The summed E-state index contributed by atoms with van der Waals surface area (Å²) < 4.78 is 20.5. The molecule has 6 rings (SSSR count). The molecule has 1 aromatic heterocycles. The summed E-state index contributed by atoms with van der Waals surface area (Å²) in [6.45, 7) is 0.173.